The fourth-order valence-electron chi connectivity index (χ4n) is 2.73. The average Bonchev–Trinajstić information content (AvgIpc) is 2.46. The minimum absolute atomic E-state index is 0.378. The van der Waals surface area contributed by atoms with Gasteiger partial charge in [0.2, 0.25) is 0 Å². The molecule has 0 bridgehead atoms. The van der Waals surface area contributed by atoms with Crippen molar-refractivity contribution >= 4 is 27.5 Å². The second-order valence-electron chi connectivity index (χ2n) is 5.21. The van der Waals surface area contributed by atoms with Gasteiger partial charge in [0.05, 0.1) is 5.56 Å². The van der Waals surface area contributed by atoms with Gasteiger partial charge in [-0.15, -0.1) is 0 Å². The van der Waals surface area contributed by atoms with Crippen LogP contribution in [-0.4, -0.2) is 31.6 Å². The molecule has 1 aromatic carbocycles. The molecule has 0 aliphatic carbocycles. The van der Waals surface area contributed by atoms with Gasteiger partial charge in [-0.25, -0.2) is 0 Å². The monoisotopic (exact) mass is 339 g/mol. The number of hydrogen-bond acceptors (Lipinski definition) is 3. The van der Waals surface area contributed by atoms with Crippen molar-refractivity contribution in [3.63, 3.8) is 0 Å². The van der Waals surface area contributed by atoms with Gasteiger partial charge in [-0.3, -0.25) is 4.79 Å². The third-order valence-electron chi connectivity index (χ3n) is 3.80. The van der Waals surface area contributed by atoms with Crippen molar-refractivity contribution in [1.29, 1.82) is 0 Å². The number of piperidine rings is 1. The second-order valence-corrected chi connectivity index (χ2v) is 6.13. The molecule has 110 valence electrons. The molecule has 1 saturated heterocycles. The third kappa shape index (κ3) is 3.73. The van der Waals surface area contributed by atoms with Gasteiger partial charge in [0.25, 0.3) is 5.91 Å². The summed E-state index contributed by atoms with van der Waals surface area (Å²) >= 11 is 3.40. The number of rotatable bonds is 5. The highest BCUT2D eigenvalue weighted by Crippen LogP contribution is 2.25. The van der Waals surface area contributed by atoms with Crippen LogP contribution in [0.15, 0.2) is 22.7 Å². The number of amides is 1. The molecule has 1 atom stereocenters. The summed E-state index contributed by atoms with van der Waals surface area (Å²) in [6, 6.07) is 6.22. The van der Waals surface area contributed by atoms with Crippen LogP contribution in [0, 0.1) is 0 Å². The molecule has 20 heavy (non-hydrogen) atoms. The van der Waals surface area contributed by atoms with E-state index in [1.165, 1.54) is 19.3 Å². The number of halogens is 1. The molecule has 1 aromatic rings. The molecule has 1 heterocycles. The Labute approximate surface area is 128 Å². The lowest BCUT2D eigenvalue weighted by Gasteiger charge is -2.32. The van der Waals surface area contributed by atoms with Gasteiger partial charge in [-0.1, -0.05) is 22.4 Å². The Morgan fingerprint density at radius 1 is 1.50 bits per heavy atom. The van der Waals surface area contributed by atoms with Gasteiger partial charge in [-0.05, 0) is 44.5 Å². The van der Waals surface area contributed by atoms with E-state index in [-0.39, 0.29) is 5.91 Å². The molecule has 1 unspecified atom stereocenters. The number of nitrogens with two attached hydrogens (primary N) is 1. The van der Waals surface area contributed by atoms with Crippen molar-refractivity contribution < 1.29 is 4.79 Å². The molecule has 1 aliphatic heterocycles. The number of nitrogens with zero attached hydrogens (tertiary/aromatic N) is 1. The van der Waals surface area contributed by atoms with Gasteiger partial charge < -0.3 is 16.0 Å². The molecule has 4 nitrogen and oxygen atoms in total. The van der Waals surface area contributed by atoms with E-state index in [9.17, 15) is 4.79 Å². The number of anilines is 1. The Morgan fingerprint density at radius 3 is 2.90 bits per heavy atom. The number of hydrogen-bond donors (Lipinski definition) is 2. The van der Waals surface area contributed by atoms with Gasteiger partial charge in [0.1, 0.15) is 0 Å². The van der Waals surface area contributed by atoms with E-state index < -0.39 is 0 Å². The fourth-order valence-corrected chi connectivity index (χ4v) is 3.09. The number of likely N-dealkylation sites (N-methyl/N-ethyl adjacent to an activating group) is 1. The molecule has 0 saturated carbocycles. The zero-order valence-electron chi connectivity index (χ0n) is 11.9. The highest BCUT2D eigenvalue weighted by molar-refractivity contribution is 9.10. The van der Waals surface area contributed by atoms with Crippen LogP contribution in [0.2, 0.25) is 0 Å². The predicted octanol–water partition coefficient (Wildman–Crippen LogP) is 2.52. The van der Waals surface area contributed by atoms with Crippen molar-refractivity contribution in [3.05, 3.63) is 28.2 Å². The summed E-state index contributed by atoms with van der Waals surface area (Å²) in [6.45, 7) is 4.97. The first-order chi connectivity index (χ1) is 9.61. The number of benzene rings is 1. The predicted molar refractivity (Wildman–Crippen MR) is 86.2 cm³/mol. The zero-order valence-corrected chi connectivity index (χ0v) is 13.4. The SMILES string of the molecule is CCN(CC1CCCCN1)c1ccc(Br)cc1C(N)=O. The summed E-state index contributed by atoms with van der Waals surface area (Å²) in [4.78, 5) is 13.9. The maximum Gasteiger partial charge on any atom is 0.250 e. The Bertz CT molecular complexity index is 472. The van der Waals surface area contributed by atoms with E-state index >= 15 is 0 Å². The molecule has 5 heteroatoms. The minimum Gasteiger partial charge on any atom is -0.370 e. The first-order valence-corrected chi connectivity index (χ1v) is 7.98. The second kappa shape index (κ2) is 7.09. The Balaban J connectivity index is 2.19. The molecule has 2 rings (SSSR count). The molecule has 0 spiro atoms. The van der Waals surface area contributed by atoms with Crippen molar-refractivity contribution in [2.75, 3.05) is 24.5 Å². The standard InChI is InChI=1S/C15H22BrN3O/c1-2-19(10-12-5-3-4-8-18-12)14-7-6-11(16)9-13(14)15(17)20/h6-7,9,12,18H,2-5,8,10H2,1H3,(H2,17,20). The lowest BCUT2D eigenvalue weighted by molar-refractivity contribution is 0.100. The van der Waals surface area contributed by atoms with Crippen molar-refractivity contribution in [2.45, 2.75) is 32.2 Å². The maximum atomic E-state index is 11.6. The molecule has 1 aliphatic rings. The van der Waals surface area contributed by atoms with Gasteiger partial charge in [0.15, 0.2) is 0 Å². The van der Waals surface area contributed by atoms with Crippen LogP contribution in [0.5, 0.6) is 0 Å². The molecule has 1 fully saturated rings. The third-order valence-corrected chi connectivity index (χ3v) is 4.29. The molecular formula is C15H22BrN3O. The molecule has 1 amide bonds. The number of carbonyl (C=O) groups excluding carboxylic acids is 1. The summed E-state index contributed by atoms with van der Waals surface area (Å²) < 4.78 is 0.877. The first-order valence-electron chi connectivity index (χ1n) is 7.19. The molecule has 0 aromatic heterocycles. The van der Waals surface area contributed by atoms with Crippen LogP contribution < -0.4 is 16.0 Å². The number of primary amides is 1. The number of carbonyl (C=O) groups is 1. The quantitative estimate of drug-likeness (QED) is 0.866. The summed E-state index contributed by atoms with van der Waals surface area (Å²) in [5.74, 6) is -0.378. The summed E-state index contributed by atoms with van der Waals surface area (Å²) in [5, 5.41) is 3.55. The Kier molecular flexibility index (Phi) is 5.43. The van der Waals surface area contributed by atoms with E-state index in [1.54, 1.807) is 6.07 Å². The highest BCUT2D eigenvalue weighted by atomic mass is 79.9. The van der Waals surface area contributed by atoms with Crippen LogP contribution >= 0.6 is 15.9 Å². The fraction of sp³-hybridized carbons (Fsp3) is 0.533. The smallest absolute Gasteiger partial charge is 0.250 e. The highest BCUT2D eigenvalue weighted by Gasteiger charge is 2.19. The van der Waals surface area contributed by atoms with Crippen LogP contribution in [-0.2, 0) is 0 Å². The van der Waals surface area contributed by atoms with E-state index in [0.717, 1.165) is 29.8 Å². The zero-order chi connectivity index (χ0) is 14.5. The van der Waals surface area contributed by atoms with Crippen molar-refractivity contribution in [1.82, 2.24) is 5.32 Å². The largest absolute Gasteiger partial charge is 0.370 e. The van der Waals surface area contributed by atoms with E-state index in [0.29, 0.717) is 11.6 Å². The van der Waals surface area contributed by atoms with E-state index in [4.69, 9.17) is 5.73 Å². The van der Waals surface area contributed by atoms with Crippen LogP contribution in [0.25, 0.3) is 0 Å². The van der Waals surface area contributed by atoms with Gasteiger partial charge in [-0.2, -0.15) is 0 Å². The molecule has 3 N–H and O–H groups in total. The van der Waals surface area contributed by atoms with E-state index in [2.05, 4.69) is 33.1 Å². The lowest BCUT2D eigenvalue weighted by Crippen LogP contribution is -2.44. The number of nitrogens with one attached hydrogen (secondary N) is 1. The van der Waals surface area contributed by atoms with Gasteiger partial charge >= 0.3 is 0 Å². The lowest BCUT2D eigenvalue weighted by atomic mass is 10.0. The van der Waals surface area contributed by atoms with E-state index in [1.807, 2.05) is 12.1 Å². The van der Waals surface area contributed by atoms with Crippen LogP contribution in [0.4, 0.5) is 5.69 Å². The van der Waals surface area contributed by atoms with Gasteiger partial charge in [0, 0.05) is 29.3 Å². The Morgan fingerprint density at radius 2 is 2.30 bits per heavy atom. The maximum absolute atomic E-state index is 11.6. The summed E-state index contributed by atoms with van der Waals surface area (Å²) in [7, 11) is 0. The normalized spacial score (nSPS) is 18.8. The van der Waals surface area contributed by atoms with Crippen molar-refractivity contribution in [3.8, 4) is 0 Å². The topological polar surface area (TPSA) is 58.4 Å². The molecule has 0 radical (unpaired) electrons. The summed E-state index contributed by atoms with van der Waals surface area (Å²) in [5.41, 5.74) is 7.01. The molecular weight excluding hydrogens is 318 g/mol. The minimum atomic E-state index is -0.378. The van der Waals surface area contributed by atoms with Crippen molar-refractivity contribution in [2.24, 2.45) is 5.73 Å². The van der Waals surface area contributed by atoms with Crippen LogP contribution in [0.1, 0.15) is 36.5 Å². The van der Waals surface area contributed by atoms with Crippen LogP contribution in [0.3, 0.4) is 0 Å². The average molecular weight is 340 g/mol. The first kappa shape index (κ1) is 15.3. The summed E-state index contributed by atoms with van der Waals surface area (Å²) in [6.07, 6.45) is 3.73. The Hall–Kier alpha value is -1.07.